The van der Waals surface area contributed by atoms with E-state index in [9.17, 15) is 4.79 Å². The van der Waals surface area contributed by atoms with Crippen molar-refractivity contribution in [3.05, 3.63) is 51.9 Å². The first-order chi connectivity index (χ1) is 13.0. The molecule has 27 heavy (non-hydrogen) atoms. The Labute approximate surface area is 168 Å². The molecule has 7 heteroatoms. The summed E-state index contributed by atoms with van der Waals surface area (Å²) in [4.78, 5) is 21.9. The van der Waals surface area contributed by atoms with Crippen molar-refractivity contribution in [3.8, 4) is 11.1 Å². The Kier molecular flexibility index (Phi) is 6.39. The SMILES string of the molecule is CCSCCC(C)Nc1ncc2cc(-c3ccccc3Cl)c(=O)n(C)c2n1. The maximum Gasteiger partial charge on any atom is 0.259 e. The van der Waals surface area contributed by atoms with Gasteiger partial charge in [-0.2, -0.15) is 16.7 Å². The predicted octanol–water partition coefficient (Wildman–Crippen LogP) is 4.59. The molecular formula is C20H23ClN4OS. The maximum absolute atomic E-state index is 12.9. The van der Waals surface area contributed by atoms with E-state index in [1.165, 1.54) is 0 Å². The third-order valence-corrected chi connectivity index (χ3v) is 5.65. The summed E-state index contributed by atoms with van der Waals surface area (Å²) in [6.45, 7) is 4.27. The van der Waals surface area contributed by atoms with Crippen molar-refractivity contribution in [2.45, 2.75) is 26.3 Å². The van der Waals surface area contributed by atoms with Gasteiger partial charge in [-0.1, -0.05) is 36.7 Å². The molecule has 0 aliphatic carbocycles. The van der Waals surface area contributed by atoms with E-state index in [1.54, 1.807) is 23.9 Å². The Morgan fingerprint density at radius 1 is 1.30 bits per heavy atom. The molecule has 0 aliphatic heterocycles. The number of fused-ring (bicyclic) bond motifs is 1. The molecule has 0 radical (unpaired) electrons. The fourth-order valence-electron chi connectivity index (χ4n) is 2.89. The second-order valence-corrected chi connectivity index (χ2v) is 8.21. The lowest BCUT2D eigenvalue weighted by Gasteiger charge is -2.15. The Morgan fingerprint density at radius 3 is 2.81 bits per heavy atom. The number of anilines is 1. The highest BCUT2D eigenvalue weighted by molar-refractivity contribution is 7.99. The highest BCUT2D eigenvalue weighted by atomic mass is 35.5. The van der Waals surface area contributed by atoms with Crippen LogP contribution in [0.2, 0.25) is 5.02 Å². The van der Waals surface area contributed by atoms with Crippen molar-refractivity contribution in [2.24, 2.45) is 7.05 Å². The summed E-state index contributed by atoms with van der Waals surface area (Å²) in [5, 5.41) is 4.67. The highest BCUT2D eigenvalue weighted by Crippen LogP contribution is 2.27. The fraction of sp³-hybridized carbons (Fsp3) is 0.350. The quantitative estimate of drug-likeness (QED) is 0.585. The van der Waals surface area contributed by atoms with Gasteiger partial charge < -0.3 is 5.32 Å². The summed E-state index contributed by atoms with van der Waals surface area (Å²) in [5.41, 5.74) is 1.73. The number of nitrogens with one attached hydrogen (secondary N) is 1. The standard InChI is InChI=1S/C20H23ClN4OS/c1-4-27-10-9-13(2)23-20-22-12-14-11-16(15-7-5-6-8-17(15)21)19(26)25(3)18(14)24-20/h5-8,11-13H,4,9-10H2,1-3H3,(H,22,23,24). The molecule has 1 unspecified atom stereocenters. The molecular weight excluding hydrogens is 380 g/mol. The van der Waals surface area contributed by atoms with Gasteiger partial charge in [-0.05, 0) is 37.0 Å². The van der Waals surface area contributed by atoms with Gasteiger partial charge in [0.1, 0.15) is 5.65 Å². The van der Waals surface area contributed by atoms with Gasteiger partial charge in [0.15, 0.2) is 0 Å². The van der Waals surface area contributed by atoms with Crippen molar-refractivity contribution in [3.63, 3.8) is 0 Å². The molecule has 2 aromatic heterocycles. The van der Waals surface area contributed by atoms with Gasteiger partial charge in [0.2, 0.25) is 5.95 Å². The molecule has 3 aromatic rings. The van der Waals surface area contributed by atoms with Gasteiger partial charge in [-0.15, -0.1) is 0 Å². The molecule has 0 amide bonds. The molecule has 0 fully saturated rings. The van der Waals surface area contributed by atoms with Crippen LogP contribution in [-0.2, 0) is 7.05 Å². The number of pyridine rings is 1. The molecule has 1 N–H and O–H groups in total. The second-order valence-electron chi connectivity index (χ2n) is 6.41. The van der Waals surface area contributed by atoms with Gasteiger partial charge in [-0.25, -0.2) is 4.98 Å². The summed E-state index contributed by atoms with van der Waals surface area (Å²) < 4.78 is 1.55. The first-order valence-electron chi connectivity index (χ1n) is 8.97. The zero-order valence-electron chi connectivity index (χ0n) is 15.7. The summed E-state index contributed by atoms with van der Waals surface area (Å²) in [6, 6.07) is 9.41. The lowest BCUT2D eigenvalue weighted by molar-refractivity contribution is 0.759. The summed E-state index contributed by atoms with van der Waals surface area (Å²) >= 11 is 8.20. The van der Waals surface area contributed by atoms with Gasteiger partial charge in [0.25, 0.3) is 5.56 Å². The summed E-state index contributed by atoms with van der Waals surface area (Å²) in [5.74, 6) is 2.75. The van der Waals surface area contributed by atoms with Crippen molar-refractivity contribution in [1.82, 2.24) is 14.5 Å². The molecule has 0 bridgehead atoms. The van der Waals surface area contributed by atoms with E-state index in [4.69, 9.17) is 11.6 Å². The molecule has 0 saturated carbocycles. The molecule has 142 valence electrons. The Hall–Kier alpha value is -2.05. The zero-order chi connectivity index (χ0) is 19.4. The first-order valence-corrected chi connectivity index (χ1v) is 10.5. The molecule has 0 saturated heterocycles. The van der Waals surface area contributed by atoms with Crippen LogP contribution >= 0.6 is 23.4 Å². The van der Waals surface area contributed by atoms with Crippen molar-refractivity contribution in [2.75, 3.05) is 16.8 Å². The van der Waals surface area contributed by atoms with Crippen LogP contribution in [0.3, 0.4) is 0 Å². The molecule has 2 heterocycles. The third kappa shape index (κ3) is 4.45. The number of hydrogen-bond donors (Lipinski definition) is 1. The van der Waals surface area contributed by atoms with Gasteiger partial charge in [-0.3, -0.25) is 9.36 Å². The van der Waals surface area contributed by atoms with Crippen LogP contribution in [0.15, 0.2) is 41.3 Å². The highest BCUT2D eigenvalue weighted by Gasteiger charge is 2.13. The topological polar surface area (TPSA) is 59.8 Å². The van der Waals surface area contributed by atoms with Crippen LogP contribution in [0.5, 0.6) is 0 Å². The number of aryl methyl sites for hydroxylation is 1. The van der Waals surface area contributed by atoms with Crippen LogP contribution in [-0.4, -0.2) is 32.1 Å². The minimum atomic E-state index is -0.132. The number of benzene rings is 1. The number of nitrogens with zero attached hydrogens (tertiary/aromatic N) is 3. The van der Waals surface area contributed by atoms with Crippen LogP contribution in [0.1, 0.15) is 20.3 Å². The third-order valence-electron chi connectivity index (χ3n) is 4.39. The summed E-state index contributed by atoms with van der Waals surface area (Å²) in [6.07, 6.45) is 2.78. The van der Waals surface area contributed by atoms with E-state index in [0.717, 1.165) is 23.3 Å². The number of thioether (sulfide) groups is 1. The molecule has 0 aliphatic rings. The van der Waals surface area contributed by atoms with Crippen LogP contribution in [0, 0.1) is 0 Å². The first kappa shape index (κ1) is 19.7. The van der Waals surface area contributed by atoms with Crippen molar-refractivity contribution >= 4 is 40.3 Å². The van der Waals surface area contributed by atoms with E-state index in [0.29, 0.717) is 27.7 Å². The molecule has 3 rings (SSSR count). The van der Waals surface area contributed by atoms with Gasteiger partial charge >= 0.3 is 0 Å². The maximum atomic E-state index is 12.9. The van der Waals surface area contributed by atoms with Crippen molar-refractivity contribution in [1.29, 1.82) is 0 Å². The van der Waals surface area contributed by atoms with E-state index < -0.39 is 0 Å². The van der Waals surface area contributed by atoms with E-state index in [2.05, 4.69) is 29.1 Å². The Balaban J connectivity index is 1.95. The van der Waals surface area contributed by atoms with Crippen molar-refractivity contribution < 1.29 is 0 Å². The minimum Gasteiger partial charge on any atom is -0.352 e. The van der Waals surface area contributed by atoms with Gasteiger partial charge in [0, 0.05) is 40.8 Å². The smallest absolute Gasteiger partial charge is 0.259 e. The minimum absolute atomic E-state index is 0.132. The Morgan fingerprint density at radius 2 is 2.07 bits per heavy atom. The van der Waals surface area contributed by atoms with Crippen LogP contribution < -0.4 is 10.9 Å². The van der Waals surface area contributed by atoms with E-state index >= 15 is 0 Å². The number of aromatic nitrogens is 3. The average molecular weight is 403 g/mol. The molecule has 1 aromatic carbocycles. The van der Waals surface area contributed by atoms with Gasteiger partial charge in [0.05, 0.1) is 0 Å². The largest absolute Gasteiger partial charge is 0.352 e. The van der Waals surface area contributed by atoms with Crippen LogP contribution in [0.4, 0.5) is 5.95 Å². The van der Waals surface area contributed by atoms with E-state index in [-0.39, 0.29) is 11.6 Å². The molecule has 1 atom stereocenters. The number of hydrogen-bond acceptors (Lipinski definition) is 5. The predicted molar refractivity (Wildman–Crippen MR) is 116 cm³/mol. The van der Waals surface area contributed by atoms with E-state index in [1.807, 2.05) is 36.0 Å². The lowest BCUT2D eigenvalue weighted by Crippen LogP contribution is -2.22. The monoisotopic (exact) mass is 402 g/mol. The number of rotatable bonds is 7. The number of halogens is 1. The zero-order valence-corrected chi connectivity index (χ0v) is 17.3. The Bertz CT molecular complexity index is 1000. The lowest BCUT2D eigenvalue weighted by atomic mass is 10.1. The summed E-state index contributed by atoms with van der Waals surface area (Å²) in [7, 11) is 1.73. The normalized spacial score (nSPS) is 12.3. The molecule has 0 spiro atoms. The second kappa shape index (κ2) is 8.76. The van der Waals surface area contributed by atoms with Crippen LogP contribution in [0.25, 0.3) is 22.2 Å². The molecule has 5 nitrogen and oxygen atoms in total. The fourth-order valence-corrected chi connectivity index (χ4v) is 3.93. The average Bonchev–Trinajstić information content (AvgIpc) is 2.66.